The second-order valence-electron chi connectivity index (χ2n) is 13.4. The summed E-state index contributed by atoms with van der Waals surface area (Å²) < 4.78 is 69.4. The average molecular weight is 811 g/mol. The smallest absolute Gasteiger partial charge is 0.282 e. The summed E-state index contributed by atoms with van der Waals surface area (Å²) in [5, 5.41) is 8.10. The molecule has 0 saturated heterocycles. The summed E-state index contributed by atoms with van der Waals surface area (Å²) in [5.74, 6) is 0. The zero-order valence-electron chi connectivity index (χ0n) is 30.0. The van der Waals surface area contributed by atoms with Crippen molar-refractivity contribution in [2.45, 2.75) is 22.1 Å². The van der Waals surface area contributed by atoms with E-state index in [0.717, 1.165) is 65.0 Å². The molecule has 8 aromatic rings. The lowest BCUT2D eigenvalue weighted by molar-refractivity contribution is 0.481. The van der Waals surface area contributed by atoms with Gasteiger partial charge in [-0.15, -0.1) is 0 Å². The van der Waals surface area contributed by atoms with Gasteiger partial charge in [-0.2, -0.15) is 16.8 Å². The van der Waals surface area contributed by atoms with Crippen molar-refractivity contribution in [1.29, 1.82) is 0 Å². The quantitative estimate of drug-likeness (QED) is 0.0996. The van der Waals surface area contributed by atoms with Crippen LogP contribution >= 0.6 is 15.8 Å². The number of hydrogen-bond donors (Lipinski definition) is 2. The Morgan fingerprint density at radius 3 is 1.12 bits per heavy atom. The summed E-state index contributed by atoms with van der Waals surface area (Å²) in [6, 6.07) is 58.8. The van der Waals surface area contributed by atoms with E-state index in [1.807, 2.05) is 72.8 Å². The average Bonchev–Trinajstić information content (AvgIpc) is 3.22. The van der Waals surface area contributed by atoms with Crippen LogP contribution in [0.4, 0.5) is 0 Å². The van der Waals surface area contributed by atoms with Crippen molar-refractivity contribution >= 4 is 78.8 Å². The first-order valence-electron chi connectivity index (χ1n) is 17.9. The third kappa shape index (κ3) is 7.96. The molecule has 0 saturated carbocycles. The van der Waals surface area contributed by atoms with Crippen LogP contribution in [0.2, 0.25) is 0 Å². The Hall–Kier alpha value is -5.04. The van der Waals surface area contributed by atoms with Gasteiger partial charge in [0.1, 0.15) is 0 Å². The number of benzene rings is 8. The minimum Gasteiger partial charge on any atom is -0.282 e. The Labute approximate surface area is 329 Å². The molecule has 2 atom stereocenters. The van der Waals surface area contributed by atoms with Crippen LogP contribution in [0.15, 0.2) is 192 Å². The number of hydrogen-bond acceptors (Lipinski definition) is 4. The highest BCUT2D eigenvalue weighted by molar-refractivity contribution is 7.86. The van der Waals surface area contributed by atoms with Gasteiger partial charge in [-0.25, -0.2) is 0 Å². The second-order valence-corrected chi connectivity index (χ2v) is 20.7. The fourth-order valence-corrected chi connectivity index (χ4v) is 13.3. The molecule has 6 nitrogen and oxygen atoms in total. The van der Waals surface area contributed by atoms with E-state index in [1.165, 1.54) is 12.1 Å². The Bertz CT molecular complexity index is 2740. The molecule has 0 aliphatic heterocycles. The van der Waals surface area contributed by atoms with Crippen molar-refractivity contribution in [2.24, 2.45) is 0 Å². The lowest BCUT2D eigenvalue weighted by Crippen LogP contribution is -2.16. The van der Waals surface area contributed by atoms with Crippen LogP contribution in [-0.2, 0) is 32.6 Å². The van der Waals surface area contributed by atoms with Crippen molar-refractivity contribution in [3.05, 3.63) is 193 Å². The molecule has 0 radical (unpaired) electrons. The van der Waals surface area contributed by atoms with Crippen molar-refractivity contribution in [1.82, 2.24) is 0 Å². The highest BCUT2D eigenvalue weighted by Crippen LogP contribution is 2.48. The van der Waals surface area contributed by atoms with Crippen molar-refractivity contribution in [2.75, 3.05) is 0 Å². The highest BCUT2D eigenvalue weighted by atomic mass is 32.2. The third-order valence-electron chi connectivity index (χ3n) is 9.93. The van der Waals surface area contributed by atoms with E-state index in [9.17, 15) is 25.9 Å². The largest absolute Gasteiger partial charge is 0.294 e. The first-order valence-corrected chi connectivity index (χ1v) is 23.8. The molecule has 10 heteroatoms. The van der Waals surface area contributed by atoms with Crippen LogP contribution in [0.5, 0.6) is 0 Å². The third-order valence-corrected chi connectivity index (χ3v) is 16.6. The molecule has 8 aromatic carbocycles. The lowest BCUT2D eigenvalue weighted by atomic mass is 9.88. The van der Waals surface area contributed by atoms with Crippen molar-refractivity contribution in [3.63, 3.8) is 0 Å². The SMILES string of the molecule is O=S(=O)(O)c1cccc(P(Cc2ccc3ccccc3c2-c2c(CP(c3ccccc3)c3cccc(S(=O)(=O)O)c3)ccc3ccccc23)c2ccccc2)c1. The molecule has 0 aromatic heterocycles. The molecular weight excluding hydrogens is 775 g/mol. The van der Waals surface area contributed by atoms with Crippen molar-refractivity contribution in [3.8, 4) is 11.1 Å². The van der Waals surface area contributed by atoms with Crippen LogP contribution in [0.3, 0.4) is 0 Å². The monoisotopic (exact) mass is 810 g/mol. The molecule has 0 heterocycles. The molecule has 56 heavy (non-hydrogen) atoms. The Balaban J connectivity index is 1.37. The molecule has 8 rings (SSSR count). The predicted molar refractivity (Wildman–Crippen MR) is 232 cm³/mol. The molecule has 0 spiro atoms. The lowest BCUT2D eigenvalue weighted by Gasteiger charge is -2.26. The van der Waals surface area contributed by atoms with Crippen LogP contribution in [0, 0.1) is 0 Å². The fraction of sp³-hybridized carbons (Fsp3) is 0.0435. The molecule has 278 valence electrons. The van der Waals surface area contributed by atoms with Gasteiger partial charge in [0.15, 0.2) is 0 Å². The summed E-state index contributed by atoms with van der Waals surface area (Å²) in [5.41, 5.74) is 4.34. The van der Waals surface area contributed by atoms with Gasteiger partial charge in [0.2, 0.25) is 0 Å². The summed E-state index contributed by atoms with van der Waals surface area (Å²) in [7, 11) is -11.2. The molecular formula is C46H36O6P2S2. The first-order chi connectivity index (χ1) is 27.0. The normalized spacial score (nSPS) is 13.1. The van der Waals surface area contributed by atoms with Gasteiger partial charge in [-0.1, -0.05) is 158 Å². The maximum Gasteiger partial charge on any atom is 0.294 e. The van der Waals surface area contributed by atoms with Gasteiger partial charge in [0.25, 0.3) is 20.2 Å². The van der Waals surface area contributed by atoms with Gasteiger partial charge in [-0.3, -0.25) is 9.11 Å². The molecule has 2 unspecified atom stereocenters. The minimum absolute atomic E-state index is 0.138. The summed E-state index contributed by atoms with van der Waals surface area (Å²) in [4.78, 5) is -0.276. The van der Waals surface area contributed by atoms with Crippen molar-refractivity contribution < 1.29 is 25.9 Å². The van der Waals surface area contributed by atoms with Crippen LogP contribution in [0.1, 0.15) is 11.1 Å². The molecule has 0 amide bonds. The van der Waals surface area contributed by atoms with E-state index >= 15 is 0 Å². The van der Waals surface area contributed by atoms with Gasteiger partial charge < -0.3 is 0 Å². The van der Waals surface area contributed by atoms with E-state index < -0.39 is 36.1 Å². The maximum atomic E-state index is 12.3. The summed E-state index contributed by atoms with van der Waals surface area (Å²) >= 11 is 0. The van der Waals surface area contributed by atoms with E-state index in [2.05, 4.69) is 72.8 Å². The molecule has 0 aliphatic carbocycles. The van der Waals surface area contributed by atoms with Gasteiger partial charge in [0.05, 0.1) is 9.79 Å². The standard InChI is InChI=1S/C46H36O6P2S2/c47-55(48,49)41-21-11-19-39(29-41)53(37-15-3-1-4-16-37)31-35-27-25-33-13-7-9-23-43(33)45(35)46-36(28-26-34-14-8-10-24-44(34)46)32-54(38-17-5-2-6-18-38)40-20-12-22-42(30-40)56(50,51)52/h1-30H,31-32H2,(H,47,48,49)(H,50,51,52). The van der Waals surface area contributed by atoms with E-state index in [-0.39, 0.29) is 9.79 Å². The predicted octanol–water partition coefficient (Wildman–Crippen LogP) is 9.42. The first kappa shape index (κ1) is 37.9. The minimum atomic E-state index is -4.43. The topological polar surface area (TPSA) is 109 Å². The van der Waals surface area contributed by atoms with E-state index in [4.69, 9.17) is 0 Å². The molecule has 0 fully saturated rings. The molecule has 0 bridgehead atoms. The van der Waals surface area contributed by atoms with Crippen LogP contribution in [0.25, 0.3) is 32.7 Å². The van der Waals surface area contributed by atoms with Crippen LogP contribution < -0.4 is 21.2 Å². The molecule has 2 N–H and O–H groups in total. The van der Waals surface area contributed by atoms with Crippen LogP contribution in [-0.4, -0.2) is 25.9 Å². The fourth-order valence-electron chi connectivity index (χ4n) is 7.33. The zero-order valence-corrected chi connectivity index (χ0v) is 33.4. The number of fused-ring (bicyclic) bond motifs is 2. The highest BCUT2D eigenvalue weighted by Gasteiger charge is 2.25. The molecule has 0 aliphatic rings. The maximum absolute atomic E-state index is 12.3. The van der Waals surface area contributed by atoms with Gasteiger partial charge in [-0.05, 0) is 105 Å². The Morgan fingerprint density at radius 2 is 0.732 bits per heavy atom. The summed E-state index contributed by atoms with van der Waals surface area (Å²) in [6.45, 7) is 0. The Kier molecular flexibility index (Phi) is 10.7. The zero-order chi connectivity index (χ0) is 38.9. The van der Waals surface area contributed by atoms with Gasteiger partial charge in [0, 0.05) is 12.3 Å². The second kappa shape index (κ2) is 15.8. The van der Waals surface area contributed by atoms with Gasteiger partial charge >= 0.3 is 0 Å². The van der Waals surface area contributed by atoms with E-state index in [1.54, 1.807) is 24.3 Å². The van der Waals surface area contributed by atoms with E-state index in [0.29, 0.717) is 12.3 Å². The number of rotatable bonds is 11. The summed E-state index contributed by atoms with van der Waals surface area (Å²) in [6.07, 6.45) is 1.17. The Morgan fingerprint density at radius 1 is 0.375 bits per heavy atom.